The SMILES string of the molecule is CS(=O)(=O)c1ccccc1N1CCc2cc(F)ccc2C1. The minimum atomic E-state index is -3.27. The number of para-hydroxylation sites is 1. The van der Waals surface area contributed by atoms with Crippen molar-refractivity contribution in [1.82, 2.24) is 0 Å². The zero-order chi connectivity index (χ0) is 15.0. The lowest BCUT2D eigenvalue weighted by atomic mass is 9.99. The van der Waals surface area contributed by atoms with Crippen LogP contribution in [0.5, 0.6) is 0 Å². The quantitative estimate of drug-likeness (QED) is 0.856. The topological polar surface area (TPSA) is 37.4 Å². The van der Waals surface area contributed by atoms with Crippen LogP contribution in [0.15, 0.2) is 47.4 Å². The van der Waals surface area contributed by atoms with E-state index in [0.717, 1.165) is 16.8 Å². The van der Waals surface area contributed by atoms with Crippen molar-refractivity contribution < 1.29 is 12.8 Å². The van der Waals surface area contributed by atoms with Gasteiger partial charge in [-0.3, -0.25) is 0 Å². The van der Waals surface area contributed by atoms with Crippen molar-refractivity contribution in [2.75, 3.05) is 17.7 Å². The van der Waals surface area contributed by atoms with Crippen molar-refractivity contribution >= 4 is 15.5 Å². The predicted octanol–water partition coefficient (Wildman–Crippen LogP) is 2.79. The largest absolute Gasteiger partial charge is 0.366 e. The maximum Gasteiger partial charge on any atom is 0.177 e. The van der Waals surface area contributed by atoms with E-state index in [-0.39, 0.29) is 5.82 Å². The van der Waals surface area contributed by atoms with Gasteiger partial charge in [-0.15, -0.1) is 0 Å². The average Bonchev–Trinajstić information content (AvgIpc) is 2.46. The number of halogens is 1. The molecule has 0 unspecified atom stereocenters. The molecule has 0 atom stereocenters. The maximum absolute atomic E-state index is 13.2. The number of hydrogen-bond acceptors (Lipinski definition) is 3. The van der Waals surface area contributed by atoms with E-state index in [2.05, 4.69) is 0 Å². The van der Waals surface area contributed by atoms with E-state index >= 15 is 0 Å². The maximum atomic E-state index is 13.2. The third-order valence-corrected chi connectivity index (χ3v) is 4.93. The van der Waals surface area contributed by atoms with Gasteiger partial charge in [-0.05, 0) is 41.8 Å². The van der Waals surface area contributed by atoms with E-state index in [9.17, 15) is 12.8 Å². The first kappa shape index (κ1) is 14.1. The molecule has 0 saturated carbocycles. The minimum Gasteiger partial charge on any atom is -0.366 e. The van der Waals surface area contributed by atoms with Gasteiger partial charge in [0.05, 0.1) is 10.6 Å². The highest BCUT2D eigenvalue weighted by Crippen LogP contribution is 2.30. The summed E-state index contributed by atoms with van der Waals surface area (Å²) < 4.78 is 37.1. The molecule has 0 N–H and O–H groups in total. The lowest BCUT2D eigenvalue weighted by molar-refractivity contribution is 0.600. The summed E-state index contributed by atoms with van der Waals surface area (Å²) in [7, 11) is -3.27. The monoisotopic (exact) mass is 305 g/mol. The second-order valence-corrected chi connectivity index (χ2v) is 7.31. The standard InChI is InChI=1S/C16H16FNO2S/c1-21(19,20)16-5-3-2-4-15(16)18-9-8-12-10-14(17)7-6-13(12)11-18/h2-7,10H,8-9,11H2,1H3. The zero-order valence-electron chi connectivity index (χ0n) is 11.7. The van der Waals surface area contributed by atoms with Crippen LogP contribution < -0.4 is 4.90 Å². The molecule has 0 radical (unpaired) electrons. The van der Waals surface area contributed by atoms with Gasteiger partial charge in [-0.2, -0.15) is 0 Å². The molecule has 110 valence electrons. The van der Waals surface area contributed by atoms with Gasteiger partial charge in [0.25, 0.3) is 0 Å². The lowest BCUT2D eigenvalue weighted by Crippen LogP contribution is -2.31. The third-order valence-electron chi connectivity index (χ3n) is 3.79. The van der Waals surface area contributed by atoms with Gasteiger partial charge in [-0.1, -0.05) is 18.2 Å². The molecule has 0 bridgehead atoms. The Labute approximate surface area is 123 Å². The molecule has 1 aliphatic rings. The van der Waals surface area contributed by atoms with Crippen molar-refractivity contribution in [3.63, 3.8) is 0 Å². The highest BCUT2D eigenvalue weighted by molar-refractivity contribution is 7.90. The van der Waals surface area contributed by atoms with E-state index in [4.69, 9.17) is 0 Å². The van der Waals surface area contributed by atoms with Gasteiger partial charge in [0, 0.05) is 19.3 Å². The Morgan fingerprint density at radius 1 is 1.10 bits per heavy atom. The van der Waals surface area contributed by atoms with Crippen LogP contribution in [0.2, 0.25) is 0 Å². The summed E-state index contributed by atoms with van der Waals surface area (Å²) in [4.78, 5) is 2.38. The Bertz CT molecular complexity index is 787. The van der Waals surface area contributed by atoms with Crippen LogP contribution in [0, 0.1) is 5.82 Å². The van der Waals surface area contributed by atoms with Crippen molar-refractivity contribution in [3.05, 3.63) is 59.4 Å². The van der Waals surface area contributed by atoms with Crippen LogP contribution in [-0.2, 0) is 22.8 Å². The summed E-state index contributed by atoms with van der Waals surface area (Å²) >= 11 is 0. The first-order chi connectivity index (χ1) is 9.95. The molecule has 21 heavy (non-hydrogen) atoms. The van der Waals surface area contributed by atoms with Crippen LogP contribution >= 0.6 is 0 Å². The molecule has 0 saturated heterocycles. The summed E-state index contributed by atoms with van der Waals surface area (Å²) in [6.45, 7) is 1.28. The summed E-state index contributed by atoms with van der Waals surface area (Å²) in [6, 6.07) is 11.8. The summed E-state index contributed by atoms with van der Waals surface area (Å²) in [5.74, 6) is -0.223. The smallest absolute Gasteiger partial charge is 0.177 e. The van der Waals surface area contributed by atoms with Gasteiger partial charge in [0.2, 0.25) is 0 Å². The number of fused-ring (bicyclic) bond motifs is 1. The van der Waals surface area contributed by atoms with Crippen LogP contribution in [0.1, 0.15) is 11.1 Å². The fourth-order valence-corrected chi connectivity index (χ4v) is 3.66. The molecule has 0 aromatic heterocycles. The lowest BCUT2D eigenvalue weighted by Gasteiger charge is -2.31. The first-order valence-corrected chi connectivity index (χ1v) is 8.65. The molecule has 1 aliphatic heterocycles. The second kappa shape index (κ2) is 5.15. The first-order valence-electron chi connectivity index (χ1n) is 6.76. The summed E-state index contributed by atoms with van der Waals surface area (Å²) in [5, 5.41) is 0. The number of hydrogen-bond donors (Lipinski definition) is 0. The molecule has 2 aromatic carbocycles. The van der Waals surface area contributed by atoms with Gasteiger partial charge in [-0.25, -0.2) is 12.8 Å². The minimum absolute atomic E-state index is 0.223. The fraction of sp³-hybridized carbons (Fsp3) is 0.250. The molecule has 5 heteroatoms. The number of benzene rings is 2. The number of nitrogens with zero attached hydrogens (tertiary/aromatic N) is 1. The Balaban J connectivity index is 1.99. The molecule has 0 aliphatic carbocycles. The Morgan fingerprint density at radius 3 is 2.62 bits per heavy atom. The van der Waals surface area contributed by atoms with Crippen molar-refractivity contribution in [1.29, 1.82) is 0 Å². The van der Waals surface area contributed by atoms with Crippen LogP contribution in [-0.4, -0.2) is 21.2 Å². The zero-order valence-corrected chi connectivity index (χ0v) is 12.5. The van der Waals surface area contributed by atoms with E-state index in [1.54, 1.807) is 24.3 Å². The third kappa shape index (κ3) is 2.78. The summed E-state index contributed by atoms with van der Waals surface area (Å²) in [5.41, 5.74) is 2.77. The van der Waals surface area contributed by atoms with Crippen molar-refractivity contribution in [2.45, 2.75) is 17.9 Å². The number of sulfone groups is 1. The van der Waals surface area contributed by atoms with Crippen molar-refractivity contribution in [2.24, 2.45) is 0 Å². The van der Waals surface area contributed by atoms with Gasteiger partial charge in [0.1, 0.15) is 5.82 Å². The van der Waals surface area contributed by atoms with Crippen LogP contribution in [0.4, 0.5) is 10.1 Å². The molecule has 3 nitrogen and oxygen atoms in total. The van der Waals surface area contributed by atoms with E-state index in [1.807, 2.05) is 17.0 Å². The van der Waals surface area contributed by atoms with Gasteiger partial charge in [0.15, 0.2) is 9.84 Å². The molecular weight excluding hydrogens is 289 g/mol. The molecule has 0 amide bonds. The molecular formula is C16H16FNO2S. The number of anilines is 1. The molecule has 3 rings (SSSR count). The van der Waals surface area contributed by atoms with Gasteiger partial charge >= 0.3 is 0 Å². The second-order valence-electron chi connectivity index (χ2n) is 5.32. The normalized spacial score (nSPS) is 14.9. The van der Waals surface area contributed by atoms with E-state index < -0.39 is 9.84 Å². The Kier molecular flexibility index (Phi) is 3.45. The molecule has 0 spiro atoms. The Hall–Kier alpha value is -1.88. The highest BCUT2D eigenvalue weighted by Gasteiger charge is 2.22. The average molecular weight is 305 g/mol. The van der Waals surface area contributed by atoms with E-state index in [1.165, 1.54) is 12.3 Å². The Morgan fingerprint density at radius 2 is 1.86 bits per heavy atom. The van der Waals surface area contributed by atoms with Crippen LogP contribution in [0.3, 0.4) is 0 Å². The molecule has 2 aromatic rings. The van der Waals surface area contributed by atoms with Crippen molar-refractivity contribution in [3.8, 4) is 0 Å². The van der Waals surface area contributed by atoms with E-state index in [0.29, 0.717) is 24.4 Å². The van der Waals surface area contributed by atoms with Crippen LogP contribution in [0.25, 0.3) is 0 Å². The molecule has 0 fully saturated rings. The molecule has 1 heterocycles. The van der Waals surface area contributed by atoms with Gasteiger partial charge < -0.3 is 4.90 Å². The highest BCUT2D eigenvalue weighted by atomic mass is 32.2. The fourth-order valence-electron chi connectivity index (χ4n) is 2.76. The predicted molar refractivity (Wildman–Crippen MR) is 80.7 cm³/mol. The number of rotatable bonds is 2. The summed E-state index contributed by atoms with van der Waals surface area (Å²) in [6.07, 6.45) is 1.93.